The second-order valence-corrected chi connectivity index (χ2v) is 5.80. The van der Waals surface area contributed by atoms with Gasteiger partial charge in [0, 0.05) is 18.8 Å². The first-order valence-electron chi connectivity index (χ1n) is 5.60. The third-order valence-electron chi connectivity index (χ3n) is 2.67. The fourth-order valence-electron chi connectivity index (χ4n) is 1.64. The van der Waals surface area contributed by atoms with E-state index < -0.39 is 25.5 Å². The molecule has 1 aromatic heterocycles. The van der Waals surface area contributed by atoms with E-state index in [4.69, 9.17) is 5.73 Å². The number of benzene rings is 1. The van der Waals surface area contributed by atoms with Crippen LogP contribution in [0.1, 0.15) is 5.56 Å². The maximum Gasteiger partial charge on any atom is 0.306 e. The summed E-state index contributed by atoms with van der Waals surface area (Å²) in [4.78, 5) is 13.7. The lowest BCUT2D eigenvalue weighted by Crippen LogP contribution is -2.08. The number of sulfone groups is 1. The molecule has 2 rings (SSSR count). The molecule has 7 nitrogen and oxygen atoms in total. The first kappa shape index (κ1) is 14.1. The Balaban J connectivity index is 2.57. The SMILES string of the molecule is NCc1ccc(S(=O)(=O)c2ncccc2[N+](=O)[O-])cc1. The molecular weight excluding hydrogens is 282 g/mol. The van der Waals surface area contributed by atoms with E-state index in [9.17, 15) is 18.5 Å². The molecule has 0 saturated heterocycles. The molecule has 2 N–H and O–H groups in total. The van der Waals surface area contributed by atoms with Crippen LogP contribution < -0.4 is 5.73 Å². The number of hydrogen-bond acceptors (Lipinski definition) is 6. The highest BCUT2D eigenvalue weighted by Gasteiger charge is 2.28. The Morgan fingerprint density at radius 3 is 2.40 bits per heavy atom. The van der Waals surface area contributed by atoms with Crippen LogP contribution in [0.15, 0.2) is 52.5 Å². The lowest BCUT2D eigenvalue weighted by Gasteiger charge is -2.05. The normalized spacial score (nSPS) is 11.2. The molecule has 0 atom stereocenters. The maximum atomic E-state index is 12.4. The minimum atomic E-state index is -4.03. The van der Waals surface area contributed by atoms with Gasteiger partial charge in [0.1, 0.15) is 0 Å². The monoisotopic (exact) mass is 293 g/mol. The molecule has 104 valence electrons. The van der Waals surface area contributed by atoms with Gasteiger partial charge in [-0.25, -0.2) is 13.4 Å². The van der Waals surface area contributed by atoms with Gasteiger partial charge in [-0.15, -0.1) is 0 Å². The van der Waals surface area contributed by atoms with Gasteiger partial charge in [-0.3, -0.25) is 10.1 Å². The molecule has 2 aromatic rings. The van der Waals surface area contributed by atoms with Crippen molar-refractivity contribution >= 4 is 15.5 Å². The molecule has 0 aliphatic carbocycles. The second kappa shape index (κ2) is 5.35. The lowest BCUT2D eigenvalue weighted by atomic mass is 10.2. The van der Waals surface area contributed by atoms with Crippen LogP contribution in [0, 0.1) is 10.1 Å². The van der Waals surface area contributed by atoms with Crippen molar-refractivity contribution < 1.29 is 13.3 Å². The number of aromatic nitrogens is 1. The molecule has 1 aromatic carbocycles. The molecule has 0 unspecified atom stereocenters. The quantitative estimate of drug-likeness (QED) is 0.670. The largest absolute Gasteiger partial charge is 0.326 e. The fourth-order valence-corrected chi connectivity index (χ4v) is 2.98. The molecule has 0 amide bonds. The summed E-state index contributed by atoms with van der Waals surface area (Å²) in [5, 5.41) is 10.3. The van der Waals surface area contributed by atoms with Crippen LogP contribution in [-0.2, 0) is 16.4 Å². The molecule has 0 saturated carbocycles. The number of nitrogens with zero attached hydrogens (tertiary/aromatic N) is 2. The van der Waals surface area contributed by atoms with E-state index in [-0.39, 0.29) is 11.4 Å². The van der Waals surface area contributed by atoms with E-state index in [1.54, 1.807) is 12.1 Å². The smallest absolute Gasteiger partial charge is 0.306 e. The number of rotatable bonds is 4. The van der Waals surface area contributed by atoms with Crippen molar-refractivity contribution in [3.8, 4) is 0 Å². The van der Waals surface area contributed by atoms with Crippen LogP contribution in [0.2, 0.25) is 0 Å². The third kappa shape index (κ3) is 2.51. The van der Waals surface area contributed by atoms with Crippen LogP contribution in [0.4, 0.5) is 5.69 Å². The number of pyridine rings is 1. The van der Waals surface area contributed by atoms with E-state index in [1.807, 2.05) is 0 Å². The zero-order valence-corrected chi connectivity index (χ0v) is 11.1. The minimum Gasteiger partial charge on any atom is -0.326 e. The molecule has 20 heavy (non-hydrogen) atoms. The maximum absolute atomic E-state index is 12.4. The van der Waals surface area contributed by atoms with Crippen LogP contribution in [0.5, 0.6) is 0 Å². The molecule has 1 heterocycles. The molecule has 0 fully saturated rings. The molecular formula is C12H11N3O4S. The van der Waals surface area contributed by atoms with E-state index in [0.29, 0.717) is 0 Å². The fraction of sp³-hybridized carbons (Fsp3) is 0.0833. The van der Waals surface area contributed by atoms with Crippen molar-refractivity contribution in [1.82, 2.24) is 4.98 Å². The van der Waals surface area contributed by atoms with E-state index in [2.05, 4.69) is 4.98 Å². The Morgan fingerprint density at radius 1 is 1.20 bits per heavy atom. The van der Waals surface area contributed by atoms with E-state index in [1.165, 1.54) is 24.4 Å². The number of nitrogens with two attached hydrogens (primary N) is 1. The highest BCUT2D eigenvalue weighted by atomic mass is 32.2. The Morgan fingerprint density at radius 2 is 1.85 bits per heavy atom. The van der Waals surface area contributed by atoms with Gasteiger partial charge < -0.3 is 5.73 Å². The predicted molar refractivity (Wildman–Crippen MR) is 70.7 cm³/mol. The summed E-state index contributed by atoms with van der Waals surface area (Å²) in [5.74, 6) is 0. The van der Waals surface area contributed by atoms with Crippen molar-refractivity contribution in [2.45, 2.75) is 16.5 Å². The average Bonchev–Trinajstić information content (AvgIpc) is 2.47. The third-order valence-corrected chi connectivity index (χ3v) is 4.39. The topological polar surface area (TPSA) is 116 Å². The van der Waals surface area contributed by atoms with Gasteiger partial charge in [-0.05, 0) is 23.8 Å². The molecule has 0 aliphatic rings. The van der Waals surface area contributed by atoms with Gasteiger partial charge in [0.25, 0.3) is 0 Å². The summed E-state index contributed by atoms with van der Waals surface area (Å²) in [6, 6.07) is 8.25. The van der Waals surface area contributed by atoms with Crippen molar-refractivity contribution in [2.24, 2.45) is 5.73 Å². The van der Waals surface area contributed by atoms with Gasteiger partial charge in [0.2, 0.25) is 14.9 Å². The lowest BCUT2D eigenvalue weighted by molar-refractivity contribution is -0.388. The Kier molecular flexibility index (Phi) is 3.77. The Labute approximate surface area is 115 Å². The summed E-state index contributed by atoms with van der Waals surface area (Å²) < 4.78 is 24.7. The van der Waals surface area contributed by atoms with Crippen molar-refractivity contribution in [1.29, 1.82) is 0 Å². The minimum absolute atomic E-state index is 0.0588. The van der Waals surface area contributed by atoms with Gasteiger partial charge in [0.05, 0.1) is 9.82 Å². The van der Waals surface area contributed by atoms with Gasteiger partial charge in [0.15, 0.2) is 0 Å². The highest BCUT2D eigenvalue weighted by Crippen LogP contribution is 2.26. The zero-order chi connectivity index (χ0) is 14.8. The van der Waals surface area contributed by atoms with Gasteiger partial charge in [-0.1, -0.05) is 12.1 Å². The molecule has 0 aliphatic heterocycles. The molecule has 8 heteroatoms. The van der Waals surface area contributed by atoms with Crippen LogP contribution in [0.3, 0.4) is 0 Å². The van der Waals surface area contributed by atoms with Crippen molar-refractivity contribution in [2.75, 3.05) is 0 Å². The summed E-state index contributed by atoms with van der Waals surface area (Å²) in [6.45, 7) is 0.282. The zero-order valence-electron chi connectivity index (χ0n) is 10.3. The molecule has 0 spiro atoms. The summed E-state index contributed by atoms with van der Waals surface area (Å²) >= 11 is 0. The predicted octanol–water partition coefficient (Wildman–Crippen LogP) is 1.28. The highest BCUT2D eigenvalue weighted by molar-refractivity contribution is 7.91. The first-order chi connectivity index (χ1) is 9.46. The van der Waals surface area contributed by atoms with Gasteiger partial charge >= 0.3 is 5.69 Å². The first-order valence-corrected chi connectivity index (χ1v) is 7.08. The Bertz CT molecular complexity index is 742. The second-order valence-electron chi connectivity index (χ2n) is 3.94. The van der Waals surface area contributed by atoms with Crippen LogP contribution in [-0.4, -0.2) is 18.3 Å². The standard InChI is InChI=1S/C12H11N3O4S/c13-8-9-3-5-10(6-4-9)20(18,19)12-11(15(16)17)2-1-7-14-12/h1-7H,8,13H2. The molecule has 0 bridgehead atoms. The van der Waals surface area contributed by atoms with E-state index in [0.717, 1.165) is 11.6 Å². The Hall–Kier alpha value is -2.32. The summed E-state index contributed by atoms with van der Waals surface area (Å²) in [7, 11) is -4.03. The van der Waals surface area contributed by atoms with Crippen LogP contribution >= 0.6 is 0 Å². The van der Waals surface area contributed by atoms with Crippen LogP contribution in [0.25, 0.3) is 0 Å². The number of nitro groups is 1. The number of hydrogen-bond donors (Lipinski definition) is 1. The van der Waals surface area contributed by atoms with Crippen molar-refractivity contribution in [3.05, 3.63) is 58.3 Å². The molecule has 0 radical (unpaired) electrons. The average molecular weight is 293 g/mol. The summed E-state index contributed by atoms with van der Waals surface area (Å²) in [5.41, 5.74) is 5.65. The van der Waals surface area contributed by atoms with Gasteiger partial charge in [-0.2, -0.15) is 0 Å². The van der Waals surface area contributed by atoms with E-state index >= 15 is 0 Å². The summed E-state index contributed by atoms with van der Waals surface area (Å²) in [6.07, 6.45) is 1.20. The van der Waals surface area contributed by atoms with Crippen molar-refractivity contribution in [3.63, 3.8) is 0 Å².